The molecule has 0 fully saturated rings. The Kier molecular flexibility index (Phi) is 6.46. The van der Waals surface area contributed by atoms with Gasteiger partial charge in [0.1, 0.15) is 0 Å². The molecule has 0 bridgehead atoms. The minimum Gasteiger partial charge on any atom is -0.450 e. The first-order valence-corrected chi connectivity index (χ1v) is 6.18. The number of rotatable bonds is 5. The van der Waals surface area contributed by atoms with Crippen molar-refractivity contribution in [3.63, 3.8) is 0 Å². The molecular weight excluding hydrogens is 202 g/mol. The Morgan fingerprint density at radius 1 is 1.31 bits per heavy atom. The highest BCUT2D eigenvalue weighted by molar-refractivity contribution is 5.67. The Morgan fingerprint density at radius 3 is 2.25 bits per heavy atom. The molecule has 0 N–H and O–H groups in total. The molecule has 0 rings (SSSR count). The van der Waals surface area contributed by atoms with Gasteiger partial charge in [-0.1, -0.05) is 34.6 Å². The maximum absolute atomic E-state index is 11.7. The summed E-state index contributed by atoms with van der Waals surface area (Å²) in [6, 6.07) is 0. The van der Waals surface area contributed by atoms with Crippen LogP contribution < -0.4 is 0 Å². The predicted molar refractivity (Wildman–Crippen MR) is 67.5 cm³/mol. The number of hydrogen-bond acceptors (Lipinski definition) is 2. The summed E-state index contributed by atoms with van der Waals surface area (Å²) in [5.41, 5.74) is 0.252. The monoisotopic (exact) mass is 229 g/mol. The van der Waals surface area contributed by atoms with Gasteiger partial charge in [0.2, 0.25) is 0 Å². The summed E-state index contributed by atoms with van der Waals surface area (Å²) < 4.78 is 5.06. The molecule has 0 aliphatic heterocycles. The number of carbonyl (C=O) groups excluding carboxylic acids is 1. The van der Waals surface area contributed by atoms with Crippen molar-refractivity contribution < 1.29 is 9.53 Å². The lowest BCUT2D eigenvalue weighted by atomic mass is 9.92. The van der Waals surface area contributed by atoms with Gasteiger partial charge in [-0.25, -0.2) is 4.79 Å². The van der Waals surface area contributed by atoms with Gasteiger partial charge in [0.15, 0.2) is 0 Å². The molecule has 3 heteroatoms. The van der Waals surface area contributed by atoms with Gasteiger partial charge in [0.05, 0.1) is 6.61 Å². The summed E-state index contributed by atoms with van der Waals surface area (Å²) in [5.74, 6) is 0.476. The van der Waals surface area contributed by atoms with E-state index in [9.17, 15) is 4.79 Å². The highest BCUT2D eigenvalue weighted by Gasteiger charge is 2.19. The number of carbonyl (C=O) groups is 1. The second-order valence-corrected chi connectivity index (χ2v) is 5.85. The van der Waals surface area contributed by atoms with Crippen LogP contribution >= 0.6 is 0 Å². The molecule has 96 valence electrons. The van der Waals surface area contributed by atoms with E-state index in [0.29, 0.717) is 12.5 Å². The van der Waals surface area contributed by atoms with Crippen LogP contribution in [-0.4, -0.2) is 30.7 Å². The van der Waals surface area contributed by atoms with E-state index in [1.54, 1.807) is 0 Å². The second-order valence-electron chi connectivity index (χ2n) is 5.85. The first-order chi connectivity index (χ1) is 7.26. The van der Waals surface area contributed by atoms with Crippen LogP contribution in [0.4, 0.5) is 4.79 Å². The van der Waals surface area contributed by atoms with Crippen molar-refractivity contribution in [2.45, 2.75) is 48.0 Å². The van der Waals surface area contributed by atoms with E-state index < -0.39 is 0 Å². The zero-order chi connectivity index (χ0) is 12.8. The Bertz CT molecular complexity index is 206. The van der Waals surface area contributed by atoms with Gasteiger partial charge in [-0.05, 0) is 24.7 Å². The molecule has 0 saturated carbocycles. The van der Waals surface area contributed by atoms with Gasteiger partial charge < -0.3 is 9.64 Å². The Balaban J connectivity index is 4.26. The van der Waals surface area contributed by atoms with Crippen molar-refractivity contribution in [3.8, 4) is 0 Å². The predicted octanol–water partition coefficient (Wildman–Crippen LogP) is 3.54. The molecule has 0 spiro atoms. The molecule has 0 heterocycles. The van der Waals surface area contributed by atoms with Crippen molar-refractivity contribution >= 4 is 6.09 Å². The maximum Gasteiger partial charge on any atom is 0.409 e. The van der Waals surface area contributed by atoms with E-state index in [2.05, 4.69) is 34.6 Å². The molecule has 1 amide bonds. The molecule has 0 atom stereocenters. The largest absolute Gasteiger partial charge is 0.450 e. The van der Waals surface area contributed by atoms with E-state index in [1.807, 2.05) is 11.8 Å². The molecule has 0 aromatic carbocycles. The van der Waals surface area contributed by atoms with E-state index in [0.717, 1.165) is 19.5 Å². The standard InChI is InChI=1S/C13H27NO2/c1-7-16-12(15)14(10-11(2)3)9-8-13(4,5)6/h11H,7-10H2,1-6H3. The highest BCUT2D eigenvalue weighted by Crippen LogP contribution is 2.19. The summed E-state index contributed by atoms with van der Waals surface area (Å²) in [5, 5.41) is 0. The van der Waals surface area contributed by atoms with Gasteiger partial charge >= 0.3 is 6.09 Å². The average molecular weight is 229 g/mol. The summed E-state index contributed by atoms with van der Waals surface area (Å²) in [6.07, 6.45) is 0.818. The zero-order valence-electron chi connectivity index (χ0n) is 11.7. The Hall–Kier alpha value is -0.730. The lowest BCUT2D eigenvalue weighted by molar-refractivity contribution is 0.0977. The molecule has 0 aromatic rings. The third-order valence-electron chi connectivity index (χ3n) is 2.24. The first-order valence-electron chi connectivity index (χ1n) is 6.18. The molecule has 0 aliphatic rings. The van der Waals surface area contributed by atoms with Crippen LogP contribution in [0.3, 0.4) is 0 Å². The van der Waals surface area contributed by atoms with Crippen molar-refractivity contribution in [1.82, 2.24) is 4.90 Å². The molecule has 0 radical (unpaired) electrons. The number of ether oxygens (including phenoxy) is 1. The second kappa shape index (κ2) is 6.77. The quantitative estimate of drug-likeness (QED) is 0.721. The third kappa shape index (κ3) is 7.55. The van der Waals surface area contributed by atoms with Crippen LogP contribution in [0.2, 0.25) is 0 Å². The topological polar surface area (TPSA) is 29.5 Å². The SMILES string of the molecule is CCOC(=O)N(CCC(C)(C)C)CC(C)C. The van der Waals surface area contributed by atoms with Crippen LogP contribution in [0.15, 0.2) is 0 Å². The van der Waals surface area contributed by atoms with E-state index >= 15 is 0 Å². The Labute approximate surface area is 100 Å². The fourth-order valence-corrected chi connectivity index (χ4v) is 1.38. The Morgan fingerprint density at radius 2 is 1.88 bits per heavy atom. The van der Waals surface area contributed by atoms with Crippen LogP contribution in [0.5, 0.6) is 0 Å². The number of amides is 1. The van der Waals surface area contributed by atoms with Crippen LogP contribution in [0.25, 0.3) is 0 Å². The summed E-state index contributed by atoms with van der Waals surface area (Å²) in [6.45, 7) is 14.6. The van der Waals surface area contributed by atoms with Gasteiger partial charge in [-0.2, -0.15) is 0 Å². The van der Waals surface area contributed by atoms with Gasteiger partial charge in [0, 0.05) is 13.1 Å². The average Bonchev–Trinajstić information content (AvgIpc) is 2.10. The minimum absolute atomic E-state index is 0.180. The minimum atomic E-state index is -0.180. The van der Waals surface area contributed by atoms with Gasteiger partial charge in [0.25, 0.3) is 0 Å². The molecule has 0 aliphatic carbocycles. The summed E-state index contributed by atoms with van der Waals surface area (Å²) >= 11 is 0. The van der Waals surface area contributed by atoms with Crippen molar-refractivity contribution in [3.05, 3.63) is 0 Å². The lowest BCUT2D eigenvalue weighted by Gasteiger charge is -2.27. The van der Waals surface area contributed by atoms with Crippen LogP contribution in [-0.2, 0) is 4.74 Å². The summed E-state index contributed by atoms with van der Waals surface area (Å²) in [4.78, 5) is 13.5. The third-order valence-corrected chi connectivity index (χ3v) is 2.24. The van der Waals surface area contributed by atoms with E-state index in [1.165, 1.54) is 0 Å². The fraction of sp³-hybridized carbons (Fsp3) is 0.923. The van der Waals surface area contributed by atoms with E-state index in [4.69, 9.17) is 4.74 Å². The smallest absolute Gasteiger partial charge is 0.409 e. The van der Waals surface area contributed by atoms with Crippen LogP contribution in [0.1, 0.15) is 48.0 Å². The van der Waals surface area contributed by atoms with Gasteiger partial charge in [-0.15, -0.1) is 0 Å². The normalized spacial score (nSPS) is 11.7. The van der Waals surface area contributed by atoms with Crippen LogP contribution in [0, 0.1) is 11.3 Å². The zero-order valence-corrected chi connectivity index (χ0v) is 11.7. The molecule has 0 saturated heterocycles. The van der Waals surface area contributed by atoms with Crippen molar-refractivity contribution in [2.75, 3.05) is 19.7 Å². The highest BCUT2D eigenvalue weighted by atomic mass is 16.6. The van der Waals surface area contributed by atoms with E-state index in [-0.39, 0.29) is 11.5 Å². The maximum atomic E-state index is 11.7. The lowest BCUT2D eigenvalue weighted by Crippen LogP contribution is -2.36. The van der Waals surface area contributed by atoms with Crippen molar-refractivity contribution in [2.24, 2.45) is 11.3 Å². The summed E-state index contributed by atoms with van der Waals surface area (Å²) in [7, 11) is 0. The molecule has 0 aromatic heterocycles. The molecule has 0 unspecified atom stereocenters. The number of hydrogen-bond donors (Lipinski definition) is 0. The molecular formula is C13H27NO2. The fourth-order valence-electron chi connectivity index (χ4n) is 1.38. The van der Waals surface area contributed by atoms with Gasteiger partial charge in [-0.3, -0.25) is 0 Å². The molecule has 3 nitrogen and oxygen atoms in total. The molecule has 16 heavy (non-hydrogen) atoms. The van der Waals surface area contributed by atoms with Crippen molar-refractivity contribution in [1.29, 1.82) is 0 Å². The first kappa shape index (κ1) is 15.3. The number of nitrogens with zero attached hydrogens (tertiary/aromatic N) is 1.